The van der Waals surface area contributed by atoms with Gasteiger partial charge in [0.25, 0.3) is 0 Å². The summed E-state index contributed by atoms with van der Waals surface area (Å²) in [4.78, 5) is 2.24. The maximum absolute atomic E-state index is 5.82. The molecule has 2 aromatic rings. The third-order valence-corrected chi connectivity index (χ3v) is 3.81. The van der Waals surface area contributed by atoms with Crippen LogP contribution in [0.15, 0.2) is 28.7 Å². The topological polar surface area (TPSA) is 51.4 Å². The van der Waals surface area contributed by atoms with Gasteiger partial charge in [-0.05, 0) is 37.4 Å². The highest BCUT2D eigenvalue weighted by molar-refractivity contribution is 5.34. The van der Waals surface area contributed by atoms with Crippen LogP contribution in [0.5, 0.6) is 5.75 Å². The maximum Gasteiger partial charge on any atom is 0.230 e. The van der Waals surface area contributed by atoms with E-state index in [1.807, 2.05) is 13.0 Å². The lowest BCUT2D eigenvalue weighted by atomic mass is 9.96. The Morgan fingerprint density at radius 3 is 2.95 bits per heavy atom. The molecule has 5 heteroatoms. The van der Waals surface area contributed by atoms with Crippen molar-refractivity contribution in [3.63, 3.8) is 0 Å². The number of ether oxygens (including phenoxy) is 1. The van der Waals surface area contributed by atoms with Crippen LogP contribution in [-0.2, 0) is 13.0 Å². The van der Waals surface area contributed by atoms with Crippen LogP contribution in [0.3, 0.4) is 0 Å². The van der Waals surface area contributed by atoms with Gasteiger partial charge >= 0.3 is 0 Å². The largest absolute Gasteiger partial charge is 0.493 e. The molecule has 0 saturated heterocycles. The molecule has 0 N–H and O–H groups in total. The minimum atomic E-state index is 0.586. The van der Waals surface area contributed by atoms with Gasteiger partial charge in [-0.2, -0.15) is 0 Å². The minimum Gasteiger partial charge on any atom is -0.493 e. The Morgan fingerprint density at radius 1 is 1.29 bits per heavy atom. The summed E-state index contributed by atoms with van der Waals surface area (Å²) in [5.74, 6) is 2.92. The van der Waals surface area contributed by atoms with Crippen LogP contribution < -0.4 is 4.74 Å². The zero-order chi connectivity index (χ0) is 14.7. The van der Waals surface area contributed by atoms with Crippen LogP contribution >= 0.6 is 0 Å². The summed E-state index contributed by atoms with van der Waals surface area (Å²) in [5, 5.41) is 7.92. The van der Waals surface area contributed by atoms with E-state index in [1.165, 1.54) is 5.56 Å². The molecule has 1 aliphatic heterocycles. The van der Waals surface area contributed by atoms with E-state index in [0.29, 0.717) is 24.2 Å². The maximum atomic E-state index is 5.82. The van der Waals surface area contributed by atoms with Crippen molar-refractivity contribution in [3.05, 3.63) is 41.6 Å². The molecule has 3 rings (SSSR count). The second-order valence-corrected chi connectivity index (χ2v) is 5.73. The predicted molar refractivity (Wildman–Crippen MR) is 79.1 cm³/mol. The summed E-state index contributed by atoms with van der Waals surface area (Å²) in [6, 6.07) is 8.33. The molecule has 0 fully saturated rings. The van der Waals surface area contributed by atoms with E-state index >= 15 is 0 Å². The first-order chi connectivity index (χ1) is 10.2. The van der Waals surface area contributed by atoms with Gasteiger partial charge in [-0.25, -0.2) is 0 Å². The molecule has 1 atom stereocenters. The quantitative estimate of drug-likeness (QED) is 0.864. The molecule has 0 bridgehead atoms. The van der Waals surface area contributed by atoms with Crippen molar-refractivity contribution < 1.29 is 9.15 Å². The molecule has 1 aromatic heterocycles. The Bertz CT molecular complexity index is 597. The van der Waals surface area contributed by atoms with Gasteiger partial charge in [0.1, 0.15) is 5.75 Å². The molecular weight excluding hydrogens is 266 g/mol. The molecule has 112 valence electrons. The summed E-state index contributed by atoms with van der Waals surface area (Å²) < 4.78 is 11.3. The molecule has 5 nitrogen and oxygen atoms in total. The highest BCUT2D eigenvalue weighted by Gasteiger charge is 2.19. The number of aryl methyl sites for hydroxylation is 1. The van der Waals surface area contributed by atoms with Crippen molar-refractivity contribution >= 4 is 0 Å². The SMILES string of the molecule is Cc1nnc(CN(C)C[C@H]2CCOc3ccccc3C2)o1. The van der Waals surface area contributed by atoms with Crippen LogP contribution in [0.2, 0.25) is 0 Å². The summed E-state index contributed by atoms with van der Waals surface area (Å²) >= 11 is 0. The van der Waals surface area contributed by atoms with Crippen LogP contribution in [0.1, 0.15) is 23.8 Å². The lowest BCUT2D eigenvalue weighted by molar-refractivity contribution is 0.220. The molecule has 0 unspecified atom stereocenters. The number of nitrogens with zero attached hydrogens (tertiary/aromatic N) is 3. The fraction of sp³-hybridized carbons (Fsp3) is 0.500. The Kier molecular flexibility index (Phi) is 4.20. The van der Waals surface area contributed by atoms with Crippen molar-refractivity contribution in [2.24, 2.45) is 5.92 Å². The fourth-order valence-corrected chi connectivity index (χ4v) is 2.86. The second-order valence-electron chi connectivity index (χ2n) is 5.73. The number of fused-ring (bicyclic) bond motifs is 1. The van der Waals surface area contributed by atoms with Gasteiger partial charge in [-0.1, -0.05) is 18.2 Å². The zero-order valence-corrected chi connectivity index (χ0v) is 12.6. The lowest BCUT2D eigenvalue weighted by Gasteiger charge is -2.21. The Labute approximate surface area is 124 Å². The first-order valence-electron chi connectivity index (χ1n) is 7.39. The van der Waals surface area contributed by atoms with Crippen LogP contribution in [0, 0.1) is 12.8 Å². The predicted octanol–water partition coefficient (Wildman–Crippen LogP) is 2.45. The molecule has 21 heavy (non-hydrogen) atoms. The minimum absolute atomic E-state index is 0.586. The van der Waals surface area contributed by atoms with E-state index in [-0.39, 0.29) is 0 Å². The Morgan fingerprint density at radius 2 is 2.14 bits per heavy atom. The smallest absolute Gasteiger partial charge is 0.230 e. The number of hydrogen-bond donors (Lipinski definition) is 0. The van der Waals surface area contributed by atoms with E-state index in [1.54, 1.807) is 0 Å². The summed E-state index contributed by atoms with van der Waals surface area (Å²) in [7, 11) is 2.09. The fourth-order valence-electron chi connectivity index (χ4n) is 2.86. The normalized spacial score (nSPS) is 18.1. The summed E-state index contributed by atoms with van der Waals surface area (Å²) in [6.45, 7) is 4.30. The Hall–Kier alpha value is -1.88. The standard InChI is InChI=1S/C16H21N3O2/c1-12-17-18-16(21-12)11-19(2)10-13-7-8-20-15-6-4-3-5-14(15)9-13/h3-6,13H,7-11H2,1-2H3/t13-/m0/s1. The molecule has 2 heterocycles. The van der Waals surface area contributed by atoms with Crippen molar-refractivity contribution in [2.75, 3.05) is 20.2 Å². The monoisotopic (exact) mass is 287 g/mol. The van der Waals surface area contributed by atoms with E-state index in [0.717, 1.165) is 31.7 Å². The first kappa shape index (κ1) is 14.1. The molecule has 0 radical (unpaired) electrons. The average molecular weight is 287 g/mol. The second kappa shape index (κ2) is 6.26. The first-order valence-corrected chi connectivity index (χ1v) is 7.39. The van der Waals surface area contributed by atoms with Crippen LogP contribution in [0.25, 0.3) is 0 Å². The van der Waals surface area contributed by atoms with E-state index < -0.39 is 0 Å². The highest BCUT2D eigenvalue weighted by atomic mass is 16.5. The third kappa shape index (κ3) is 3.61. The molecule has 0 saturated carbocycles. The Balaban J connectivity index is 1.60. The number of aromatic nitrogens is 2. The van der Waals surface area contributed by atoms with Crippen LogP contribution in [-0.4, -0.2) is 35.3 Å². The third-order valence-electron chi connectivity index (χ3n) is 3.81. The van der Waals surface area contributed by atoms with Crippen LogP contribution in [0.4, 0.5) is 0 Å². The van der Waals surface area contributed by atoms with Crippen molar-refractivity contribution in [2.45, 2.75) is 26.3 Å². The number of hydrogen-bond acceptors (Lipinski definition) is 5. The van der Waals surface area contributed by atoms with Crippen molar-refractivity contribution in [3.8, 4) is 5.75 Å². The molecular formula is C16H21N3O2. The zero-order valence-electron chi connectivity index (χ0n) is 12.6. The highest BCUT2D eigenvalue weighted by Crippen LogP contribution is 2.27. The van der Waals surface area contributed by atoms with Gasteiger partial charge in [-0.15, -0.1) is 10.2 Å². The lowest BCUT2D eigenvalue weighted by Crippen LogP contribution is -2.27. The van der Waals surface area contributed by atoms with Gasteiger partial charge < -0.3 is 9.15 Å². The number of para-hydroxylation sites is 1. The van der Waals surface area contributed by atoms with Gasteiger partial charge in [0.05, 0.1) is 13.2 Å². The molecule has 0 aliphatic carbocycles. The number of benzene rings is 1. The molecule has 1 aromatic carbocycles. The number of rotatable bonds is 4. The van der Waals surface area contributed by atoms with E-state index in [4.69, 9.17) is 9.15 Å². The van der Waals surface area contributed by atoms with Gasteiger partial charge in [0.2, 0.25) is 11.8 Å². The molecule has 0 amide bonds. The van der Waals surface area contributed by atoms with Gasteiger partial charge in [0.15, 0.2) is 0 Å². The van der Waals surface area contributed by atoms with E-state index in [9.17, 15) is 0 Å². The summed E-state index contributed by atoms with van der Waals surface area (Å²) in [6.07, 6.45) is 2.13. The molecule has 1 aliphatic rings. The molecule has 0 spiro atoms. The summed E-state index contributed by atoms with van der Waals surface area (Å²) in [5.41, 5.74) is 1.31. The van der Waals surface area contributed by atoms with Crippen molar-refractivity contribution in [1.29, 1.82) is 0 Å². The van der Waals surface area contributed by atoms with Gasteiger partial charge in [0, 0.05) is 13.5 Å². The van der Waals surface area contributed by atoms with Gasteiger partial charge in [-0.3, -0.25) is 4.90 Å². The van der Waals surface area contributed by atoms with E-state index in [2.05, 4.69) is 40.3 Å². The average Bonchev–Trinajstić information content (AvgIpc) is 2.74. The van der Waals surface area contributed by atoms with Crippen molar-refractivity contribution in [1.82, 2.24) is 15.1 Å².